The van der Waals surface area contributed by atoms with Gasteiger partial charge in [0.1, 0.15) is 0 Å². The van der Waals surface area contributed by atoms with Crippen LogP contribution in [-0.4, -0.2) is 28.7 Å². The van der Waals surface area contributed by atoms with Crippen molar-refractivity contribution in [1.29, 1.82) is 5.26 Å². The summed E-state index contributed by atoms with van der Waals surface area (Å²) in [6.07, 6.45) is 0. The van der Waals surface area contributed by atoms with Crippen LogP contribution in [0, 0.1) is 25.2 Å². The van der Waals surface area contributed by atoms with Gasteiger partial charge >= 0.3 is 0 Å². The third kappa shape index (κ3) is 5.33. The van der Waals surface area contributed by atoms with E-state index in [2.05, 4.69) is 161 Å². The van der Waals surface area contributed by atoms with Crippen LogP contribution in [0.4, 0.5) is 0 Å². The van der Waals surface area contributed by atoms with Gasteiger partial charge in [-0.25, -0.2) is 4.98 Å². The second kappa shape index (κ2) is 13.3. The highest BCUT2D eigenvalue weighted by atomic mass is 15.2. The molecular formula is C54H35N7. The zero-order valence-corrected chi connectivity index (χ0v) is 33.4. The fourth-order valence-electron chi connectivity index (χ4n) is 9.29. The monoisotopic (exact) mass is 781 g/mol. The van der Waals surface area contributed by atoms with Gasteiger partial charge in [0.05, 0.1) is 50.4 Å². The number of hydrogen-bond donors (Lipinski definition) is 0. The summed E-state index contributed by atoms with van der Waals surface area (Å²) < 4.78 is 6.81. The van der Waals surface area contributed by atoms with E-state index in [0.717, 1.165) is 77.1 Å². The average Bonchev–Trinajstić information content (AvgIpc) is 3.93. The van der Waals surface area contributed by atoms with Crippen LogP contribution in [0.15, 0.2) is 176 Å². The van der Waals surface area contributed by atoms with Crippen molar-refractivity contribution in [2.75, 3.05) is 0 Å². The number of aromatic nitrogens is 6. The van der Waals surface area contributed by atoms with E-state index in [4.69, 9.17) is 15.0 Å². The standard InChI is InChI=1S/C54H35N7/c1-33-21-24-47-40(27-33)41-28-34(2)22-25-48(41)61(47)54-57-52(36-13-5-3-6-14-36)56-53(58-54)44-29-35(32-55)23-26-49(44)60-46-20-12-10-18-39(46)43-30-42-38-17-9-11-19-45(38)59(50(42)31-51(43)60)37-15-7-4-8-16-37/h3-31H,1-2H3. The Labute approximate surface area is 350 Å². The summed E-state index contributed by atoms with van der Waals surface area (Å²) in [7, 11) is 0. The third-order valence-electron chi connectivity index (χ3n) is 12.0. The van der Waals surface area contributed by atoms with Crippen LogP contribution in [0.3, 0.4) is 0 Å². The Hall–Kier alpha value is -8.34. The second-order valence-electron chi connectivity index (χ2n) is 15.8. The van der Waals surface area contributed by atoms with Crippen molar-refractivity contribution in [3.8, 4) is 46.2 Å². The highest BCUT2D eigenvalue weighted by Gasteiger charge is 2.23. The molecule has 61 heavy (non-hydrogen) atoms. The number of fused-ring (bicyclic) bond motifs is 9. The summed E-state index contributed by atoms with van der Waals surface area (Å²) in [5.74, 6) is 1.51. The van der Waals surface area contributed by atoms with Crippen molar-refractivity contribution in [1.82, 2.24) is 28.7 Å². The summed E-state index contributed by atoms with van der Waals surface area (Å²) >= 11 is 0. The van der Waals surface area contributed by atoms with E-state index < -0.39 is 0 Å². The molecule has 7 heteroatoms. The van der Waals surface area contributed by atoms with Crippen LogP contribution in [0.2, 0.25) is 0 Å². The molecule has 12 aromatic rings. The van der Waals surface area contributed by atoms with Crippen molar-refractivity contribution < 1.29 is 0 Å². The summed E-state index contributed by atoms with van der Waals surface area (Å²) in [4.78, 5) is 15.8. The predicted octanol–water partition coefficient (Wildman–Crippen LogP) is 13.0. The van der Waals surface area contributed by atoms with Crippen LogP contribution < -0.4 is 0 Å². The van der Waals surface area contributed by atoms with Gasteiger partial charge < -0.3 is 9.13 Å². The molecule has 0 aliphatic carbocycles. The fraction of sp³-hybridized carbons (Fsp3) is 0.0370. The Bertz CT molecular complexity index is 3730. The second-order valence-corrected chi connectivity index (χ2v) is 15.8. The molecule has 0 atom stereocenters. The Morgan fingerprint density at radius 2 is 0.951 bits per heavy atom. The van der Waals surface area contributed by atoms with Crippen molar-refractivity contribution in [3.05, 3.63) is 193 Å². The van der Waals surface area contributed by atoms with Gasteiger partial charge in [-0.05, 0) is 92.7 Å². The summed E-state index contributed by atoms with van der Waals surface area (Å²) in [5.41, 5.74) is 12.7. The molecule has 4 heterocycles. The molecule has 0 spiro atoms. The van der Waals surface area contributed by atoms with E-state index in [-0.39, 0.29) is 0 Å². The highest BCUT2D eigenvalue weighted by Crippen LogP contribution is 2.42. The quantitative estimate of drug-likeness (QED) is 0.174. The first-order chi connectivity index (χ1) is 30.0. The first kappa shape index (κ1) is 34.7. The van der Waals surface area contributed by atoms with E-state index in [0.29, 0.717) is 23.2 Å². The molecule has 0 fully saturated rings. The van der Waals surface area contributed by atoms with E-state index in [9.17, 15) is 5.26 Å². The molecule has 0 aliphatic rings. The Morgan fingerprint density at radius 3 is 1.61 bits per heavy atom. The first-order valence-corrected chi connectivity index (χ1v) is 20.4. The molecule has 0 radical (unpaired) electrons. The minimum absolute atomic E-state index is 0.468. The van der Waals surface area contributed by atoms with Gasteiger partial charge in [-0.1, -0.05) is 108 Å². The average molecular weight is 782 g/mol. The van der Waals surface area contributed by atoms with Crippen LogP contribution >= 0.6 is 0 Å². The molecule has 0 bridgehead atoms. The van der Waals surface area contributed by atoms with Gasteiger partial charge in [0.25, 0.3) is 0 Å². The van der Waals surface area contributed by atoms with Crippen molar-refractivity contribution in [2.24, 2.45) is 0 Å². The number of para-hydroxylation sites is 3. The maximum atomic E-state index is 10.4. The molecule has 4 aromatic heterocycles. The SMILES string of the molecule is Cc1ccc2c(c1)c1cc(C)ccc1n2-c1nc(-c2ccccc2)nc(-c2cc(C#N)ccc2-n2c3ccccc3c3cc4c5ccccc5n(-c5ccccc5)c4cc32)n1. The van der Waals surface area contributed by atoms with Crippen molar-refractivity contribution in [2.45, 2.75) is 13.8 Å². The maximum Gasteiger partial charge on any atom is 0.238 e. The zero-order chi connectivity index (χ0) is 40.8. The molecule has 0 unspecified atom stereocenters. The lowest BCUT2D eigenvalue weighted by Gasteiger charge is -2.16. The molecule has 0 aliphatic heterocycles. The summed E-state index contributed by atoms with van der Waals surface area (Å²) in [6, 6.07) is 63.7. The van der Waals surface area contributed by atoms with Crippen LogP contribution in [-0.2, 0) is 0 Å². The van der Waals surface area contributed by atoms with Gasteiger partial charge in [-0.3, -0.25) is 4.57 Å². The van der Waals surface area contributed by atoms with Crippen LogP contribution in [0.1, 0.15) is 16.7 Å². The van der Waals surface area contributed by atoms with Crippen molar-refractivity contribution in [3.63, 3.8) is 0 Å². The lowest BCUT2D eigenvalue weighted by atomic mass is 10.1. The van der Waals surface area contributed by atoms with Crippen molar-refractivity contribution >= 4 is 65.4 Å². The van der Waals surface area contributed by atoms with E-state index >= 15 is 0 Å². The topological polar surface area (TPSA) is 77.2 Å². The van der Waals surface area contributed by atoms with Gasteiger partial charge in [0.15, 0.2) is 11.6 Å². The Kier molecular flexibility index (Phi) is 7.59. The molecule has 0 N–H and O–H groups in total. The minimum atomic E-state index is 0.468. The predicted molar refractivity (Wildman–Crippen MR) is 248 cm³/mol. The lowest BCUT2D eigenvalue weighted by Crippen LogP contribution is -2.08. The number of aryl methyl sites for hydroxylation is 2. The molecule has 7 nitrogen and oxygen atoms in total. The van der Waals surface area contributed by atoms with Gasteiger partial charge in [-0.15, -0.1) is 0 Å². The van der Waals surface area contributed by atoms with Gasteiger partial charge in [-0.2, -0.15) is 15.2 Å². The van der Waals surface area contributed by atoms with E-state index in [1.165, 1.54) is 21.9 Å². The Balaban J connectivity index is 1.18. The molecule has 0 saturated heterocycles. The number of rotatable bonds is 5. The fourth-order valence-corrected chi connectivity index (χ4v) is 9.29. The third-order valence-corrected chi connectivity index (χ3v) is 12.0. The molecule has 0 saturated carbocycles. The molecule has 0 amide bonds. The highest BCUT2D eigenvalue weighted by molar-refractivity contribution is 6.19. The van der Waals surface area contributed by atoms with Gasteiger partial charge in [0, 0.05) is 49.1 Å². The first-order valence-electron chi connectivity index (χ1n) is 20.4. The number of nitrogens with zero attached hydrogens (tertiary/aromatic N) is 7. The van der Waals surface area contributed by atoms with E-state index in [1.807, 2.05) is 48.5 Å². The largest absolute Gasteiger partial charge is 0.309 e. The normalized spacial score (nSPS) is 11.8. The number of hydrogen-bond acceptors (Lipinski definition) is 4. The van der Waals surface area contributed by atoms with E-state index in [1.54, 1.807) is 0 Å². The number of nitriles is 1. The summed E-state index contributed by atoms with van der Waals surface area (Å²) in [6.45, 7) is 4.25. The smallest absolute Gasteiger partial charge is 0.238 e. The Morgan fingerprint density at radius 1 is 0.410 bits per heavy atom. The van der Waals surface area contributed by atoms with Gasteiger partial charge in [0.2, 0.25) is 5.95 Å². The summed E-state index contributed by atoms with van der Waals surface area (Å²) in [5, 5.41) is 17.3. The van der Waals surface area contributed by atoms with Crippen LogP contribution in [0.5, 0.6) is 0 Å². The maximum absolute atomic E-state index is 10.4. The zero-order valence-electron chi connectivity index (χ0n) is 33.4. The lowest BCUT2D eigenvalue weighted by molar-refractivity contribution is 0.951. The van der Waals surface area contributed by atoms with Crippen LogP contribution in [0.25, 0.3) is 106 Å². The number of benzene rings is 8. The molecule has 286 valence electrons. The molecule has 8 aromatic carbocycles. The minimum Gasteiger partial charge on any atom is -0.309 e. The molecular weight excluding hydrogens is 747 g/mol. The molecule has 12 rings (SSSR count).